The lowest BCUT2D eigenvalue weighted by molar-refractivity contribution is -0.118. The lowest BCUT2D eigenvalue weighted by Gasteiger charge is -2.38. The summed E-state index contributed by atoms with van der Waals surface area (Å²) in [5, 5.41) is 13.1. The summed E-state index contributed by atoms with van der Waals surface area (Å²) in [7, 11) is 3.16. The Morgan fingerprint density at radius 3 is 2.50 bits per heavy atom. The zero-order valence-corrected chi connectivity index (χ0v) is 15.9. The molecule has 1 aromatic rings. The minimum Gasteiger partial charge on any atom is -0.493 e. The van der Waals surface area contributed by atoms with Gasteiger partial charge in [0, 0.05) is 23.4 Å². The van der Waals surface area contributed by atoms with E-state index in [0.717, 1.165) is 23.4 Å². The maximum atomic E-state index is 13.0. The highest BCUT2D eigenvalue weighted by Gasteiger charge is 2.41. The number of nitrogens with one attached hydrogen (secondary N) is 1. The first-order valence-corrected chi connectivity index (χ1v) is 8.67. The Balaban J connectivity index is 2.18. The molecule has 136 valence electrons. The fourth-order valence-electron chi connectivity index (χ4n) is 3.95. The van der Waals surface area contributed by atoms with E-state index in [1.165, 1.54) is 0 Å². The Hall–Kier alpha value is -2.74. The molecule has 1 N–H and O–H groups in total. The summed E-state index contributed by atoms with van der Waals surface area (Å²) >= 11 is 0. The molecule has 26 heavy (non-hydrogen) atoms. The number of hydrogen-bond acceptors (Lipinski definition) is 5. The van der Waals surface area contributed by atoms with E-state index in [4.69, 9.17) is 9.47 Å². The van der Waals surface area contributed by atoms with Crippen molar-refractivity contribution in [2.75, 3.05) is 14.2 Å². The smallest absolute Gasteiger partial charge is 0.162 e. The number of hydrogen-bond donors (Lipinski definition) is 1. The van der Waals surface area contributed by atoms with Gasteiger partial charge >= 0.3 is 0 Å². The zero-order valence-electron chi connectivity index (χ0n) is 15.9. The van der Waals surface area contributed by atoms with Gasteiger partial charge in [-0.2, -0.15) is 5.26 Å². The van der Waals surface area contributed by atoms with Crippen molar-refractivity contribution >= 4 is 5.78 Å². The number of nitrogens with zero attached hydrogens (tertiary/aromatic N) is 1. The largest absolute Gasteiger partial charge is 0.493 e. The van der Waals surface area contributed by atoms with E-state index in [9.17, 15) is 10.1 Å². The maximum absolute atomic E-state index is 13.0. The van der Waals surface area contributed by atoms with Crippen LogP contribution in [0.15, 0.2) is 40.7 Å². The third-order valence-corrected chi connectivity index (χ3v) is 5.10. The van der Waals surface area contributed by atoms with Gasteiger partial charge in [-0.25, -0.2) is 0 Å². The molecule has 5 nitrogen and oxygen atoms in total. The second kappa shape index (κ2) is 6.53. The monoisotopic (exact) mass is 352 g/mol. The van der Waals surface area contributed by atoms with Crippen LogP contribution in [0.5, 0.6) is 11.5 Å². The lowest BCUT2D eigenvalue weighted by Crippen LogP contribution is -2.36. The molecule has 0 unspecified atom stereocenters. The quantitative estimate of drug-likeness (QED) is 0.895. The van der Waals surface area contributed by atoms with E-state index in [0.29, 0.717) is 29.1 Å². The van der Waals surface area contributed by atoms with Gasteiger partial charge in [-0.3, -0.25) is 4.79 Å². The number of allylic oxidation sites excluding steroid dienone is 4. The Kier molecular flexibility index (Phi) is 4.53. The first kappa shape index (κ1) is 18.1. The molecule has 3 rings (SSSR count). The molecule has 0 bridgehead atoms. The van der Waals surface area contributed by atoms with Crippen LogP contribution in [0.25, 0.3) is 0 Å². The molecule has 1 aromatic carbocycles. The molecule has 0 amide bonds. The zero-order chi connectivity index (χ0) is 19.1. The molecule has 0 saturated carbocycles. The summed E-state index contributed by atoms with van der Waals surface area (Å²) in [6.07, 6.45) is 1.27. The van der Waals surface area contributed by atoms with E-state index in [2.05, 4.69) is 25.2 Å². The number of Topliss-reactive ketones (excluding diaryl/α,β-unsaturated/α-hetero) is 1. The van der Waals surface area contributed by atoms with Crippen LogP contribution < -0.4 is 14.8 Å². The molecule has 1 heterocycles. The van der Waals surface area contributed by atoms with Crippen molar-refractivity contribution in [2.45, 2.75) is 39.5 Å². The fourth-order valence-corrected chi connectivity index (χ4v) is 3.95. The summed E-state index contributed by atoms with van der Waals surface area (Å²) in [5.74, 6) is 0.933. The third-order valence-electron chi connectivity index (χ3n) is 5.10. The summed E-state index contributed by atoms with van der Waals surface area (Å²) in [4.78, 5) is 13.0. The van der Waals surface area contributed by atoms with E-state index in [1.807, 2.05) is 25.1 Å². The van der Waals surface area contributed by atoms with Crippen molar-refractivity contribution in [1.82, 2.24) is 5.32 Å². The molecular formula is C21H24N2O3. The highest BCUT2D eigenvalue weighted by atomic mass is 16.5. The standard InChI is InChI=1S/C21H24N2O3/c1-12-14(11-22)19(13-6-7-17(25-4)18(8-13)26-5)20-15(23-12)9-21(2,3)10-16(20)24/h6-8,19,23H,9-10H2,1-5H3/t19-/m1/s1. The number of rotatable bonds is 3. The summed E-state index contributed by atoms with van der Waals surface area (Å²) in [5.41, 5.74) is 3.79. The Morgan fingerprint density at radius 2 is 1.88 bits per heavy atom. The van der Waals surface area contributed by atoms with Crippen molar-refractivity contribution in [3.8, 4) is 17.6 Å². The average molecular weight is 352 g/mol. The Morgan fingerprint density at radius 1 is 1.19 bits per heavy atom. The number of nitriles is 1. The highest BCUT2D eigenvalue weighted by molar-refractivity contribution is 6.00. The van der Waals surface area contributed by atoms with Crippen LogP contribution in [0, 0.1) is 16.7 Å². The molecule has 1 atom stereocenters. The van der Waals surface area contributed by atoms with Gasteiger partial charge in [-0.15, -0.1) is 0 Å². The molecule has 0 spiro atoms. The number of ketones is 1. The molecule has 0 aromatic heterocycles. The van der Waals surface area contributed by atoms with Gasteiger partial charge in [-0.1, -0.05) is 19.9 Å². The number of dihydropyridines is 1. The molecule has 0 radical (unpaired) electrons. The minimum absolute atomic E-state index is 0.0878. The van der Waals surface area contributed by atoms with E-state index in [1.54, 1.807) is 14.2 Å². The average Bonchev–Trinajstić information content (AvgIpc) is 2.58. The number of carbonyl (C=O) groups is 1. The number of carbonyl (C=O) groups excluding carboxylic acids is 1. The van der Waals surface area contributed by atoms with E-state index >= 15 is 0 Å². The van der Waals surface area contributed by atoms with Crippen LogP contribution in [-0.2, 0) is 4.79 Å². The van der Waals surface area contributed by atoms with Crippen molar-refractivity contribution < 1.29 is 14.3 Å². The van der Waals surface area contributed by atoms with Crippen molar-refractivity contribution in [2.24, 2.45) is 5.41 Å². The van der Waals surface area contributed by atoms with Crippen LogP contribution >= 0.6 is 0 Å². The second-order valence-electron chi connectivity index (χ2n) is 7.66. The predicted octanol–water partition coefficient (Wildman–Crippen LogP) is 3.83. The van der Waals surface area contributed by atoms with Gasteiger partial charge in [0.25, 0.3) is 0 Å². The van der Waals surface area contributed by atoms with Gasteiger partial charge in [-0.05, 0) is 36.5 Å². The summed E-state index contributed by atoms with van der Waals surface area (Å²) in [6.45, 7) is 6.09. The van der Waals surface area contributed by atoms with E-state index in [-0.39, 0.29) is 17.1 Å². The molecule has 2 aliphatic rings. The normalized spacial score (nSPS) is 21.7. The Bertz CT molecular complexity index is 872. The summed E-state index contributed by atoms with van der Waals surface area (Å²) in [6, 6.07) is 7.88. The van der Waals surface area contributed by atoms with Crippen LogP contribution in [0.4, 0.5) is 0 Å². The molecule has 0 fully saturated rings. The highest BCUT2D eigenvalue weighted by Crippen LogP contribution is 2.47. The van der Waals surface area contributed by atoms with Gasteiger partial charge in [0.15, 0.2) is 17.3 Å². The maximum Gasteiger partial charge on any atom is 0.162 e. The van der Waals surface area contributed by atoms with Crippen molar-refractivity contribution in [1.29, 1.82) is 5.26 Å². The van der Waals surface area contributed by atoms with Gasteiger partial charge in [0.2, 0.25) is 0 Å². The van der Waals surface area contributed by atoms with Crippen molar-refractivity contribution in [3.05, 3.63) is 46.3 Å². The minimum atomic E-state index is -0.375. The van der Waals surface area contributed by atoms with E-state index < -0.39 is 0 Å². The number of ether oxygens (including phenoxy) is 2. The predicted molar refractivity (Wildman–Crippen MR) is 98.8 cm³/mol. The van der Waals surface area contributed by atoms with Gasteiger partial charge < -0.3 is 14.8 Å². The molecule has 1 aliphatic carbocycles. The third kappa shape index (κ3) is 2.96. The first-order valence-electron chi connectivity index (χ1n) is 8.67. The molecule has 0 saturated heterocycles. The van der Waals surface area contributed by atoms with Crippen LogP contribution in [0.2, 0.25) is 0 Å². The topological polar surface area (TPSA) is 71.3 Å². The van der Waals surface area contributed by atoms with Crippen LogP contribution in [-0.4, -0.2) is 20.0 Å². The molecular weight excluding hydrogens is 328 g/mol. The first-order chi connectivity index (χ1) is 12.3. The van der Waals surface area contributed by atoms with Gasteiger partial charge in [0.05, 0.1) is 31.8 Å². The number of methoxy groups -OCH3 is 2. The number of benzene rings is 1. The SMILES string of the molecule is COc1ccc([C@@H]2C(C#N)=C(C)NC3=C2C(=O)CC(C)(C)C3)cc1OC. The summed E-state index contributed by atoms with van der Waals surface area (Å²) < 4.78 is 10.7. The Labute approximate surface area is 154 Å². The van der Waals surface area contributed by atoms with Gasteiger partial charge in [0.1, 0.15) is 0 Å². The van der Waals surface area contributed by atoms with Crippen LogP contribution in [0.1, 0.15) is 45.1 Å². The van der Waals surface area contributed by atoms with Crippen molar-refractivity contribution in [3.63, 3.8) is 0 Å². The molecule has 1 aliphatic heterocycles. The van der Waals surface area contributed by atoms with Crippen LogP contribution in [0.3, 0.4) is 0 Å². The fraction of sp³-hybridized carbons (Fsp3) is 0.429. The second-order valence-corrected chi connectivity index (χ2v) is 7.66. The lowest BCUT2D eigenvalue weighted by atomic mass is 9.69. The molecule has 5 heteroatoms.